The van der Waals surface area contributed by atoms with Crippen molar-refractivity contribution in [2.75, 3.05) is 19.8 Å². The number of aliphatic hydroxyl groups is 3. The first kappa shape index (κ1) is 32.0. The van der Waals surface area contributed by atoms with Crippen LogP contribution in [0.4, 0.5) is 0 Å². The van der Waals surface area contributed by atoms with Crippen LogP contribution in [0.1, 0.15) is 73.0 Å². The quantitative estimate of drug-likeness (QED) is 0.161. The summed E-state index contributed by atoms with van der Waals surface area (Å²) in [6, 6.07) is 9.07. The summed E-state index contributed by atoms with van der Waals surface area (Å²) in [6.07, 6.45) is 6.30. The van der Waals surface area contributed by atoms with Gasteiger partial charge in [0.05, 0.1) is 30.6 Å². The Morgan fingerprint density at radius 2 is 2.07 bits per heavy atom. The number of Topliss-reactive ketones (excluding diaryl/α,β-unsaturated/α-hetero) is 1. The predicted molar refractivity (Wildman–Crippen MR) is 167 cm³/mol. The fraction of sp³-hybridized carbons (Fsp3) is 0.471. The monoisotopic (exact) mass is 605 g/mol. The number of quaternary nitrogens is 1. The van der Waals surface area contributed by atoms with Crippen LogP contribution in [-0.4, -0.2) is 63.9 Å². The van der Waals surface area contributed by atoms with Gasteiger partial charge in [0.1, 0.15) is 24.2 Å². The SMILES string of the molecule is CCCC(O)CC(O)CC(=O)CCc1ccc(O)c(OC[NH+]2C=C3C(Cc4c(CO)ccc5c4CCNC5N)=CN=C3C2)c1. The fourth-order valence-corrected chi connectivity index (χ4v) is 6.37. The van der Waals surface area contributed by atoms with Crippen LogP contribution in [0.3, 0.4) is 0 Å². The number of ether oxygens (including phenoxy) is 1. The summed E-state index contributed by atoms with van der Waals surface area (Å²) in [6.45, 7) is 3.69. The summed E-state index contributed by atoms with van der Waals surface area (Å²) in [5, 5.41) is 43.8. The van der Waals surface area contributed by atoms with Crippen LogP contribution in [0, 0.1) is 0 Å². The number of fused-ring (bicyclic) bond motifs is 2. The zero-order valence-electron chi connectivity index (χ0n) is 25.4. The van der Waals surface area contributed by atoms with Crippen molar-refractivity contribution in [2.45, 2.75) is 83.3 Å². The number of ketones is 1. The molecule has 4 unspecified atom stereocenters. The molecule has 0 aromatic heterocycles. The number of phenolic OH excluding ortho intramolecular Hbond substituents is 1. The summed E-state index contributed by atoms with van der Waals surface area (Å²) in [5.41, 5.74) is 14.7. The molecule has 2 aromatic carbocycles. The number of aromatic hydroxyl groups is 1. The van der Waals surface area contributed by atoms with Gasteiger partial charge in [0.2, 0.25) is 6.73 Å². The second-order valence-electron chi connectivity index (χ2n) is 12.1. The van der Waals surface area contributed by atoms with Gasteiger partial charge >= 0.3 is 0 Å². The average molecular weight is 606 g/mol. The number of aliphatic imine (C=N–C) groups is 1. The number of carbonyl (C=O) groups excluding carboxylic acids is 1. The molecule has 0 fully saturated rings. The van der Waals surface area contributed by atoms with E-state index in [0.717, 1.165) is 63.4 Å². The van der Waals surface area contributed by atoms with Crippen molar-refractivity contribution >= 4 is 11.5 Å². The summed E-state index contributed by atoms with van der Waals surface area (Å²) < 4.78 is 6.03. The van der Waals surface area contributed by atoms with E-state index < -0.39 is 12.2 Å². The van der Waals surface area contributed by atoms with Crippen molar-refractivity contribution in [3.8, 4) is 11.5 Å². The van der Waals surface area contributed by atoms with Gasteiger partial charge in [-0.15, -0.1) is 0 Å². The third-order valence-electron chi connectivity index (χ3n) is 8.71. The van der Waals surface area contributed by atoms with E-state index in [1.54, 1.807) is 18.2 Å². The Morgan fingerprint density at radius 3 is 2.86 bits per heavy atom. The number of allylic oxidation sites excluding steroid dienone is 1. The van der Waals surface area contributed by atoms with Crippen LogP contribution in [0.15, 0.2) is 58.9 Å². The Kier molecular flexibility index (Phi) is 10.6. The lowest BCUT2D eigenvalue weighted by Gasteiger charge is -2.27. The van der Waals surface area contributed by atoms with Crippen LogP contribution in [0.5, 0.6) is 11.5 Å². The third kappa shape index (κ3) is 7.63. The number of rotatable bonds is 15. The molecule has 3 aliphatic rings. The molecule has 0 aliphatic carbocycles. The van der Waals surface area contributed by atoms with Crippen LogP contribution in [-0.2, 0) is 30.7 Å². The summed E-state index contributed by atoms with van der Waals surface area (Å²) in [4.78, 5) is 18.1. The molecule has 5 rings (SSSR count). The first-order valence-electron chi connectivity index (χ1n) is 15.6. The molecular weight excluding hydrogens is 560 g/mol. The third-order valence-corrected chi connectivity index (χ3v) is 8.71. The van der Waals surface area contributed by atoms with Crippen molar-refractivity contribution in [2.24, 2.45) is 10.7 Å². The molecular formula is C34H45N4O6+. The maximum atomic E-state index is 12.4. The second-order valence-corrected chi connectivity index (χ2v) is 12.1. The van der Waals surface area contributed by atoms with E-state index in [1.165, 1.54) is 5.56 Å². The number of nitrogens with two attached hydrogens (primary N) is 1. The van der Waals surface area contributed by atoms with Crippen molar-refractivity contribution < 1.29 is 34.9 Å². The molecule has 236 valence electrons. The Balaban J connectivity index is 1.17. The number of phenols is 1. The molecule has 0 spiro atoms. The highest BCUT2D eigenvalue weighted by Crippen LogP contribution is 2.32. The van der Waals surface area contributed by atoms with Crippen LogP contribution in [0.25, 0.3) is 0 Å². The standard InChI is InChI=1S/C34H44N4O6/c1-2-3-24(40)14-26(42)15-25(41)7-4-21-5-9-32(43)33(12-21)44-20-38-17-30-23(16-37-31(30)18-38)13-29-22(19-39)6-8-28-27(29)10-11-36-34(28)35/h5-6,8-9,12,16-17,24,26,34,36,39-40,42-43H,2-4,7,10-11,13-15,18-20,35H2,1H3/p+1. The number of aryl methyl sites for hydroxylation is 1. The number of aliphatic hydroxyl groups excluding tert-OH is 3. The lowest BCUT2D eigenvalue weighted by atomic mass is 9.86. The molecule has 3 heterocycles. The smallest absolute Gasteiger partial charge is 0.227 e. The van der Waals surface area contributed by atoms with Crippen LogP contribution >= 0.6 is 0 Å². The van der Waals surface area contributed by atoms with Crippen LogP contribution < -0.4 is 20.7 Å². The van der Waals surface area contributed by atoms with E-state index in [1.807, 2.05) is 25.3 Å². The van der Waals surface area contributed by atoms with E-state index in [0.29, 0.717) is 38.3 Å². The van der Waals surface area contributed by atoms with Gasteiger partial charge in [0.25, 0.3) is 0 Å². The average Bonchev–Trinajstić information content (AvgIpc) is 3.57. The van der Waals surface area contributed by atoms with Gasteiger partial charge in [-0.3, -0.25) is 20.0 Å². The van der Waals surface area contributed by atoms with E-state index in [-0.39, 0.29) is 43.6 Å². The first-order chi connectivity index (χ1) is 21.2. The summed E-state index contributed by atoms with van der Waals surface area (Å²) in [7, 11) is 0. The van der Waals surface area contributed by atoms with E-state index in [9.17, 15) is 25.2 Å². The minimum Gasteiger partial charge on any atom is -0.504 e. The molecule has 0 saturated heterocycles. The number of hydrogen-bond acceptors (Lipinski definition) is 9. The summed E-state index contributed by atoms with van der Waals surface area (Å²) >= 11 is 0. The molecule has 0 radical (unpaired) electrons. The Morgan fingerprint density at radius 1 is 1.23 bits per heavy atom. The fourth-order valence-electron chi connectivity index (χ4n) is 6.37. The lowest BCUT2D eigenvalue weighted by Crippen LogP contribution is -3.07. The molecule has 2 aromatic rings. The normalized spacial score (nSPS) is 20.3. The molecule has 8 N–H and O–H groups in total. The predicted octanol–water partition coefficient (Wildman–Crippen LogP) is 1.49. The second kappa shape index (κ2) is 14.6. The maximum absolute atomic E-state index is 12.4. The number of nitrogens with one attached hydrogen (secondary N) is 2. The van der Waals surface area contributed by atoms with Crippen molar-refractivity contribution in [3.05, 3.63) is 81.7 Å². The molecule has 0 bridgehead atoms. The van der Waals surface area contributed by atoms with Crippen LogP contribution in [0.2, 0.25) is 0 Å². The van der Waals surface area contributed by atoms with Gasteiger partial charge in [0, 0.05) is 32.0 Å². The van der Waals surface area contributed by atoms with Gasteiger partial charge in [-0.25, -0.2) is 0 Å². The van der Waals surface area contributed by atoms with Gasteiger partial charge in [-0.2, -0.15) is 0 Å². The number of benzene rings is 2. The molecule has 10 nitrogen and oxygen atoms in total. The molecule has 44 heavy (non-hydrogen) atoms. The molecule has 0 saturated carbocycles. The topological polar surface area (TPSA) is 162 Å². The highest BCUT2D eigenvalue weighted by molar-refractivity contribution is 6.08. The van der Waals surface area contributed by atoms with Crippen molar-refractivity contribution in [1.82, 2.24) is 5.32 Å². The molecule has 4 atom stereocenters. The Bertz CT molecular complexity index is 1450. The molecule has 10 heteroatoms. The molecule has 3 aliphatic heterocycles. The number of carbonyl (C=O) groups is 1. The minimum atomic E-state index is -0.842. The van der Waals surface area contributed by atoms with Gasteiger partial charge in [-0.1, -0.05) is 31.5 Å². The summed E-state index contributed by atoms with van der Waals surface area (Å²) in [5.74, 6) is 0.317. The zero-order valence-corrected chi connectivity index (χ0v) is 25.4. The van der Waals surface area contributed by atoms with Crippen molar-refractivity contribution in [3.63, 3.8) is 0 Å². The maximum Gasteiger partial charge on any atom is 0.227 e. The Labute approximate surface area is 258 Å². The van der Waals surface area contributed by atoms with Gasteiger partial charge < -0.3 is 30.9 Å². The Hall–Kier alpha value is -3.38. The zero-order chi connectivity index (χ0) is 31.2. The van der Waals surface area contributed by atoms with E-state index in [4.69, 9.17) is 10.5 Å². The molecule has 0 amide bonds. The van der Waals surface area contributed by atoms with Crippen molar-refractivity contribution in [1.29, 1.82) is 0 Å². The lowest BCUT2D eigenvalue weighted by molar-refractivity contribution is -0.851. The highest BCUT2D eigenvalue weighted by Gasteiger charge is 2.32. The first-order valence-corrected chi connectivity index (χ1v) is 15.6. The number of hydrogen-bond donors (Lipinski definition) is 7. The largest absolute Gasteiger partial charge is 0.504 e. The van der Waals surface area contributed by atoms with Gasteiger partial charge in [0.15, 0.2) is 11.5 Å². The minimum absolute atomic E-state index is 0.0222. The number of nitrogens with zero attached hydrogens (tertiary/aromatic N) is 1. The van der Waals surface area contributed by atoms with E-state index >= 15 is 0 Å². The van der Waals surface area contributed by atoms with Gasteiger partial charge in [-0.05, 0) is 71.2 Å². The highest BCUT2D eigenvalue weighted by atomic mass is 16.5. The van der Waals surface area contributed by atoms with E-state index in [2.05, 4.69) is 16.5 Å².